The third kappa shape index (κ3) is 1.88. The van der Waals surface area contributed by atoms with Crippen molar-refractivity contribution >= 4 is 11.8 Å². The normalized spacial score (nSPS) is 40.4. The number of Topliss-reactive ketones (excluding diaryl/α,β-unsaturated/α-hetero) is 1. The van der Waals surface area contributed by atoms with Crippen LogP contribution in [0.1, 0.15) is 66.6 Å². The van der Waals surface area contributed by atoms with Crippen LogP contribution in [0.25, 0.3) is 0 Å². The number of ketones is 1. The van der Waals surface area contributed by atoms with E-state index in [0.29, 0.717) is 17.3 Å². The van der Waals surface area contributed by atoms with Gasteiger partial charge >= 0.3 is 5.97 Å². The van der Waals surface area contributed by atoms with Gasteiger partial charge in [0.05, 0.1) is 0 Å². The first-order chi connectivity index (χ1) is 9.89. The molecule has 2 unspecified atom stereocenters. The van der Waals surface area contributed by atoms with Gasteiger partial charge in [-0.15, -0.1) is 0 Å². The zero-order valence-electron chi connectivity index (χ0n) is 12.2. The SMILES string of the molecule is CC12CC3CC(C1)CC(C(=O)c1ccc(C(=O)O)o1)(C3)C2. The minimum atomic E-state index is -1.12. The molecule has 5 rings (SSSR count). The van der Waals surface area contributed by atoms with Gasteiger partial charge in [-0.05, 0) is 67.9 Å². The molecule has 4 aliphatic rings. The van der Waals surface area contributed by atoms with Gasteiger partial charge in [0.2, 0.25) is 11.5 Å². The first-order valence-corrected chi connectivity index (χ1v) is 7.77. The quantitative estimate of drug-likeness (QED) is 0.860. The van der Waals surface area contributed by atoms with Crippen LogP contribution in [0, 0.1) is 22.7 Å². The Kier molecular flexibility index (Phi) is 2.49. The first kappa shape index (κ1) is 13.1. The Hall–Kier alpha value is -1.58. The van der Waals surface area contributed by atoms with Gasteiger partial charge in [-0.2, -0.15) is 0 Å². The number of carbonyl (C=O) groups excluding carboxylic acids is 1. The third-order valence-corrected chi connectivity index (χ3v) is 5.88. The van der Waals surface area contributed by atoms with E-state index in [0.717, 1.165) is 19.3 Å². The maximum Gasteiger partial charge on any atom is 0.371 e. The van der Waals surface area contributed by atoms with Crippen molar-refractivity contribution < 1.29 is 19.1 Å². The lowest BCUT2D eigenvalue weighted by Crippen LogP contribution is -2.53. The molecule has 0 amide bonds. The lowest BCUT2D eigenvalue weighted by atomic mass is 9.43. The number of aromatic carboxylic acids is 1. The van der Waals surface area contributed by atoms with Gasteiger partial charge in [-0.3, -0.25) is 4.79 Å². The van der Waals surface area contributed by atoms with Gasteiger partial charge in [0.25, 0.3) is 0 Å². The van der Waals surface area contributed by atoms with Crippen molar-refractivity contribution in [1.29, 1.82) is 0 Å². The van der Waals surface area contributed by atoms with E-state index in [1.807, 2.05) is 0 Å². The summed E-state index contributed by atoms with van der Waals surface area (Å²) in [4.78, 5) is 23.9. The zero-order valence-corrected chi connectivity index (χ0v) is 12.2. The number of carbonyl (C=O) groups is 2. The van der Waals surface area contributed by atoms with E-state index in [9.17, 15) is 9.59 Å². The lowest BCUT2D eigenvalue weighted by molar-refractivity contribution is -0.0828. The predicted octanol–water partition coefficient (Wildman–Crippen LogP) is 3.77. The van der Waals surface area contributed by atoms with Crippen LogP contribution < -0.4 is 0 Å². The highest BCUT2D eigenvalue weighted by Crippen LogP contribution is 2.65. The Morgan fingerprint density at radius 2 is 1.76 bits per heavy atom. The summed E-state index contributed by atoms with van der Waals surface area (Å²) in [6.45, 7) is 2.32. The smallest absolute Gasteiger partial charge is 0.371 e. The Morgan fingerprint density at radius 1 is 1.14 bits per heavy atom. The van der Waals surface area contributed by atoms with E-state index < -0.39 is 5.97 Å². The Morgan fingerprint density at radius 3 is 2.29 bits per heavy atom. The molecule has 4 bridgehead atoms. The number of hydrogen-bond acceptors (Lipinski definition) is 3. The molecular formula is C17H20O4. The van der Waals surface area contributed by atoms with Gasteiger partial charge in [0.1, 0.15) is 0 Å². The fraction of sp³-hybridized carbons (Fsp3) is 0.647. The maximum atomic E-state index is 13.0. The molecule has 1 heterocycles. The second-order valence-electron chi connectivity index (χ2n) is 7.85. The fourth-order valence-corrected chi connectivity index (χ4v) is 5.82. The van der Waals surface area contributed by atoms with Gasteiger partial charge in [-0.25, -0.2) is 4.79 Å². The number of carboxylic acid groups (broad SMARTS) is 1. The molecule has 2 atom stereocenters. The Balaban J connectivity index is 1.68. The summed E-state index contributed by atoms with van der Waals surface area (Å²) >= 11 is 0. The molecule has 0 aliphatic heterocycles. The average Bonchev–Trinajstić information content (AvgIpc) is 2.84. The molecule has 0 saturated heterocycles. The maximum absolute atomic E-state index is 13.0. The lowest BCUT2D eigenvalue weighted by Gasteiger charge is -2.60. The van der Waals surface area contributed by atoms with E-state index in [-0.39, 0.29) is 22.7 Å². The minimum absolute atomic E-state index is 0.0373. The highest BCUT2D eigenvalue weighted by atomic mass is 16.4. The van der Waals surface area contributed by atoms with E-state index in [2.05, 4.69) is 6.92 Å². The monoisotopic (exact) mass is 288 g/mol. The molecule has 4 nitrogen and oxygen atoms in total. The van der Waals surface area contributed by atoms with Crippen molar-refractivity contribution in [3.63, 3.8) is 0 Å². The molecule has 0 radical (unpaired) electrons. The van der Waals surface area contributed by atoms with Crippen LogP contribution in [0.3, 0.4) is 0 Å². The molecule has 1 aromatic heterocycles. The van der Waals surface area contributed by atoms with Crippen molar-refractivity contribution in [1.82, 2.24) is 0 Å². The zero-order chi connectivity index (χ0) is 14.8. The summed E-state index contributed by atoms with van der Waals surface area (Å²) in [6, 6.07) is 2.92. The Bertz CT molecular complexity index is 612. The molecule has 112 valence electrons. The fourth-order valence-electron chi connectivity index (χ4n) is 5.82. The van der Waals surface area contributed by atoms with Crippen molar-refractivity contribution in [2.75, 3.05) is 0 Å². The molecule has 1 aromatic rings. The highest BCUT2D eigenvalue weighted by Gasteiger charge is 2.59. The van der Waals surface area contributed by atoms with Gasteiger partial charge in [0, 0.05) is 5.41 Å². The van der Waals surface area contributed by atoms with Crippen molar-refractivity contribution in [3.05, 3.63) is 23.7 Å². The molecule has 4 fully saturated rings. The summed E-state index contributed by atoms with van der Waals surface area (Å²) in [5, 5.41) is 8.95. The summed E-state index contributed by atoms with van der Waals surface area (Å²) in [5.41, 5.74) is -0.00553. The predicted molar refractivity (Wildman–Crippen MR) is 75.2 cm³/mol. The van der Waals surface area contributed by atoms with Crippen LogP contribution in [-0.4, -0.2) is 16.9 Å². The summed E-state index contributed by atoms with van der Waals surface area (Å²) in [5.74, 6) is 0.331. The van der Waals surface area contributed by atoms with Crippen molar-refractivity contribution in [3.8, 4) is 0 Å². The van der Waals surface area contributed by atoms with Crippen LogP contribution in [0.4, 0.5) is 0 Å². The summed E-state index contributed by atoms with van der Waals surface area (Å²) in [6.07, 6.45) is 6.62. The second kappa shape index (κ2) is 3.99. The van der Waals surface area contributed by atoms with Gasteiger partial charge in [-0.1, -0.05) is 6.92 Å². The first-order valence-electron chi connectivity index (χ1n) is 7.77. The largest absolute Gasteiger partial charge is 0.475 e. The van der Waals surface area contributed by atoms with Gasteiger partial charge in [0.15, 0.2) is 5.76 Å². The summed E-state index contributed by atoms with van der Waals surface area (Å²) in [7, 11) is 0. The average molecular weight is 288 g/mol. The minimum Gasteiger partial charge on any atom is -0.475 e. The molecule has 21 heavy (non-hydrogen) atoms. The third-order valence-electron chi connectivity index (χ3n) is 5.88. The van der Waals surface area contributed by atoms with E-state index in [4.69, 9.17) is 9.52 Å². The number of carboxylic acids is 1. The number of furan rings is 1. The topological polar surface area (TPSA) is 67.5 Å². The molecule has 4 saturated carbocycles. The van der Waals surface area contributed by atoms with Crippen LogP contribution in [0.2, 0.25) is 0 Å². The highest BCUT2D eigenvalue weighted by molar-refractivity contribution is 5.99. The number of rotatable bonds is 3. The molecule has 4 heteroatoms. The second-order valence-corrected chi connectivity index (χ2v) is 7.85. The standard InChI is InChI=1S/C17H20O4/c1-16-5-10-4-11(6-16)8-17(7-10,9-16)14(18)12-2-3-13(21-12)15(19)20/h2-3,10-11H,4-9H2,1H3,(H,19,20). The summed E-state index contributed by atoms with van der Waals surface area (Å²) < 4.78 is 5.28. The van der Waals surface area contributed by atoms with Crippen LogP contribution in [0.5, 0.6) is 0 Å². The molecular weight excluding hydrogens is 268 g/mol. The molecule has 4 aliphatic carbocycles. The van der Waals surface area contributed by atoms with Crippen molar-refractivity contribution in [2.24, 2.45) is 22.7 Å². The molecule has 0 aromatic carbocycles. The molecule has 1 N–H and O–H groups in total. The van der Waals surface area contributed by atoms with E-state index in [1.54, 1.807) is 0 Å². The van der Waals surface area contributed by atoms with Crippen LogP contribution >= 0.6 is 0 Å². The number of hydrogen-bond donors (Lipinski definition) is 1. The van der Waals surface area contributed by atoms with Crippen LogP contribution in [0.15, 0.2) is 16.5 Å². The molecule has 0 spiro atoms. The van der Waals surface area contributed by atoms with E-state index in [1.165, 1.54) is 31.4 Å². The van der Waals surface area contributed by atoms with Crippen LogP contribution in [-0.2, 0) is 0 Å². The van der Waals surface area contributed by atoms with Crippen molar-refractivity contribution in [2.45, 2.75) is 45.4 Å². The van der Waals surface area contributed by atoms with Gasteiger partial charge < -0.3 is 9.52 Å². The Labute approximate surface area is 123 Å². The van der Waals surface area contributed by atoms with E-state index >= 15 is 0 Å².